The standard InChI is InChI=1S/C12H14O6/c13-5-6-17-7-8-18-12(16)10-4-2-1-3-9(10)11(14)15/h1-4,13H,5-8H2,(H,14,15)/p-1. The fourth-order valence-corrected chi connectivity index (χ4v) is 1.28. The second-order valence-corrected chi connectivity index (χ2v) is 3.30. The van der Waals surface area contributed by atoms with Crippen molar-refractivity contribution in [2.24, 2.45) is 0 Å². The summed E-state index contributed by atoms with van der Waals surface area (Å²) in [6.07, 6.45) is 0. The molecule has 98 valence electrons. The molecule has 1 rings (SSSR count). The molecule has 0 atom stereocenters. The predicted octanol–water partition coefficient (Wildman–Crippen LogP) is -0.784. The lowest BCUT2D eigenvalue weighted by Crippen LogP contribution is -2.25. The summed E-state index contributed by atoms with van der Waals surface area (Å²) in [5.74, 6) is -2.18. The van der Waals surface area contributed by atoms with Gasteiger partial charge in [0.2, 0.25) is 0 Å². The number of benzene rings is 1. The number of carboxylic acid groups (broad SMARTS) is 1. The summed E-state index contributed by atoms with van der Waals surface area (Å²) in [5.41, 5.74) is -0.265. The molecule has 1 aromatic carbocycles. The Hall–Kier alpha value is -1.92. The number of aliphatic hydroxyl groups excluding tert-OH is 1. The Morgan fingerprint density at radius 3 is 2.39 bits per heavy atom. The Bertz CT molecular complexity index is 415. The maximum absolute atomic E-state index is 11.6. The first-order valence-electron chi connectivity index (χ1n) is 5.33. The smallest absolute Gasteiger partial charge is 0.338 e. The summed E-state index contributed by atoms with van der Waals surface area (Å²) >= 11 is 0. The molecule has 0 saturated heterocycles. The fourth-order valence-electron chi connectivity index (χ4n) is 1.28. The first-order chi connectivity index (χ1) is 8.66. The third kappa shape index (κ3) is 4.15. The number of hydrogen-bond acceptors (Lipinski definition) is 6. The SMILES string of the molecule is O=C([O-])c1ccccc1C(=O)OCCOCCO. The second-order valence-electron chi connectivity index (χ2n) is 3.30. The van der Waals surface area contributed by atoms with E-state index in [1.54, 1.807) is 0 Å². The Morgan fingerprint density at radius 2 is 1.78 bits per heavy atom. The van der Waals surface area contributed by atoms with Crippen molar-refractivity contribution in [1.29, 1.82) is 0 Å². The lowest BCUT2D eigenvalue weighted by molar-refractivity contribution is -0.255. The monoisotopic (exact) mass is 253 g/mol. The summed E-state index contributed by atoms with van der Waals surface area (Å²) in [7, 11) is 0. The summed E-state index contributed by atoms with van der Waals surface area (Å²) < 4.78 is 9.72. The second kappa shape index (κ2) is 7.41. The molecule has 6 nitrogen and oxygen atoms in total. The molecule has 0 fully saturated rings. The molecular formula is C12H13O6-. The zero-order valence-electron chi connectivity index (χ0n) is 9.63. The van der Waals surface area contributed by atoms with E-state index in [2.05, 4.69) is 0 Å². The lowest BCUT2D eigenvalue weighted by Gasteiger charge is -2.10. The van der Waals surface area contributed by atoms with Crippen LogP contribution in [-0.2, 0) is 9.47 Å². The van der Waals surface area contributed by atoms with Crippen molar-refractivity contribution >= 4 is 11.9 Å². The Balaban J connectivity index is 2.54. The minimum atomic E-state index is -1.43. The lowest BCUT2D eigenvalue weighted by atomic mass is 10.1. The summed E-state index contributed by atoms with van der Waals surface area (Å²) in [6, 6.07) is 5.65. The number of ether oxygens (including phenoxy) is 2. The predicted molar refractivity (Wildman–Crippen MR) is 59.0 cm³/mol. The van der Waals surface area contributed by atoms with Crippen molar-refractivity contribution in [3.05, 3.63) is 35.4 Å². The minimum absolute atomic E-state index is 0.0137. The van der Waals surface area contributed by atoms with Crippen LogP contribution in [0.25, 0.3) is 0 Å². The zero-order valence-corrected chi connectivity index (χ0v) is 9.63. The molecule has 0 radical (unpaired) electrons. The van der Waals surface area contributed by atoms with E-state index in [0.29, 0.717) is 0 Å². The van der Waals surface area contributed by atoms with Gasteiger partial charge in [-0.1, -0.05) is 18.2 Å². The average Bonchev–Trinajstić information content (AvgIpc) is 2.38. The molecule has 0 amide bonds. The van der Waals surface area contributed by atoms with Crippen molar-refractivity contribution in [3.63, 3.8) is 0 Å². The van der Waals surface area contributed by atoms with Gasteiger partial charge in [0.15, 0.2) is 0 Å². The number of aliphatic hydroxyl groups is 1. The highest BCUT2D eigenvalue weighted by molar-refractivity contribution is 6.01. The number of hydrogen-bond donors (Lipinski definition) is 1. The Kier molecular flexibility index (Phi) is 5.83. The number of aromatic carboxylic acids is 1. The fraction of sp³-hybridized carbons (Fsp3) is 0.333. The Labute approximate surface area is 104 Å². The van der Waals surface area contributed by atoms with Crippen LogP contribution in [0.1, 0.15) is 20.7 Å². The van der Waals surface area contributed by atoms with Crippen LogP contribution in [0, 0.1) is 0 Å². The van der Waals surface area contributed by atoms with Crippen LogP contribution in [0.4, 0.5) is 0 Å². The number of carboxylic acids is 1. The molecule has 0 aromatic heterocycles. The quantitative estimate of drug-likeness (QED) is 0.505. The van der Waals surface area contributed by atoms with Gasteiger partial charge in [0.1, 0.15) is 6.61 Å². The van der Waals surface area contributed by atoms with E-state index >= 15 is 0 Å². The van der Waals surface area contributed by atoms with Crippen LogP contribution in [-0.4, -0.2) is 43.5 Å². The first kappa shape index (κ1) is 14.1. The van der Waals surface area contributed by atoms with Crippen LogP contribution in [0.5, 0.6) is 0 Å². The van der Waals surface area contributed by atoms with Gasteiger partial charge < -0.3 is 24.5 Å². The highest BCUT2D eigenvalue weighted by Gasteiger charge is 2.12. The number of esters is 1. The van der Waals surface area contributed by atoms with Gasteiger partial charge in [0.25, 0.3) is 0 Å². The first-order valence-corrected chi connectivity index (χ1v) is 5.33. The van der Waals surface area contributed by atoms with Gasteiger partial charge in [0.05, 0.1) is 31.4 Å². The Morgan fingerprint density at radius 1 is 1.11 bits per heavy atom. The van der Waals surface area contributed by atoms with Crippen molar-refractivity contribution in [1.82, 2.24) is 0 Å². The number of rotatable bonds is 7. The van der Waals surface area contributed by atoms with Gasteiger partial charge in [-0.05, 0) is 6.07 Å². The van der Waals surface area contributed by atoms with Crippen LogP contribution in [0.2, 0.25) is 0 Å². The molecule has 0 unspecified atom stereocenters. The highest BCUT2D eigenvalue weighted by atomic mass is 16.6. The third-order valence-electron chi connectivity index (χ3n) is 2.06. The molecule has 1 N–H and O–H groups in total. The summed E-state index contributed by atoms with van der Waals surface area (Å²) in [6.45, 7) is 0.175. The van der Waals surface area contributed by atoms with E-state index in [-0.39, 0.29) is 37.6 Å². The average molecular weight is 253 g/mol. The largest absolute Gasteiger partial charge is 0.545 e. The summed E-state index contributed by atoms with van der Waals surface area (Å²) in [4.78, 5) is 22.4. The van der Waals surface area contributed by atoms with Gasteiger partial charge in [-0.2, -0.15) is 0 Å². The van der Waals surface area contributed by atoms with Crippen molar-refractivity contribution in [2.45, 2.75) is 0 Å². The van der Waals surface area contributed by atoms with E-state index in [9.17, 15) is 14.7 Å². The maximum Gasteiger partial charge on any atom is 0.338 e. The summed E-state index contributed by atoms with van der Waals surface area (Å²) in [5, 5.41) is 19.2. The molecule has 0 aliphatic rings. The van der Waals surface area contributed by atoms with E-state index in [0.717, 1.165) is 0 Å². The van der Waals surface area contributed by atoms with Crippen LogP contribution in [0.3, 0.4) is 0 Å². The molecule has 0 bridgehead atoms. The molecule has 0 heterocycles. The van der Waals surface area contributed by atoms with Crippen LogP contribution >= 0.6 is 0 Å². The number of carbonyl (C=O) groups is 2. The number of carbonyl (C=O) groups excluding carboxylic acids is 2. The maximum atomic E-state index is 11.6. The minimum Gasteiger partial charge on any atom is -0.545 e. The molecule has 1 aromatic rings. The van der Waals surface area contributed by atoms with E-state index < -0.39 is 11.9 Å². The third-order valence-corrected chi connectivity index (χ3v) is 2.06. The van der Waals surface area contributed by atoms with Gasteiger partial charge in [0, 0.05) is 5.56 Å². The zero-order chi connectivity index (χ0) is 13.4. The normalized spacial score (nSPS) is 10.1. The molecular weight excluding hydrogens is 240 g/mol. The molecule has 18 heavy (non-hydrogen) atoms. The molecule has 0 spiro atoms. The molecule has 0 aliphatic heterocycles. The molecule has 6 heteroatoms. The van der Waals surface area contributed by atoms with Gasteiger partial charge in [-0.25, -0.2) is 4.79 Å². The van der Waals surface area contributed by atoms with Gasteiger partial charge >= 0.3 is 5.97 Å². The topological polar surface area (TPSA) is 95.9 Å². The van der Waals surface area contributed by atoms with Crippen molar-refractivity contribution < 1.29 is 29.3 Å². The van der Waals surface area contributed by atoms with E-state index in [1.165, 1.54) is 24.3 Å². The van der Waals surface area contributed by atoms with Gasteiger partial charge in [-0.15, -0.1) is 0 Å². The van der Waals surface area contributed by atoms with Crippen LogP contribution in [0.15, 0.2) is 24.3 Å². The van der Waals surface area contributed by atoms with Crippen LogP contribution < -0.4 is 5.11 Å². The van der Waals surface area contributed by atoms with Crippen molar-refractivity contribution in [3.8, 4) is 0 Å². The van der Waals surface area contributed by atoms with Crippen molar-refractivity contribution in [2.75, 3.05) is 26.4 Å². The van der Waals surface area contributed by atoms with E-state index in [4.69, 9.17) is 14.6 Å². The molecule has 0 saturated carbocycles. The van der Waals surface area contributed by atoms with E-state index in [1.807, 2.05) is 0 Å². The highest BCUT2D eigenvalue weighted by Crippen LogP contribution is 2.09. The van der Waals surface area contributed by atoms with Gasteiger partial charge in [-0.3, -0.25) is 0 Å². The molecule has 0 aliphatic carbocycles.